The monoisotopic (exact) mass is 344 g/mol. The lowest BCUT2D eigenvalue weighted by Gasteiger charge is -2.25. The minimum atomic E-state index is -0.618. The molecule has 0 bridgehead atoms. The zero-order chi connectivity index (χ0) is 18.0. The summed E-state index contributed by atoms with van der Waals surface area (Å²) in [5, 5.41) is 4.36. The Morgan fingerprint density at radius 3 is 2.80 bits per heavy atom. The molecule has 1 fully saturated rings. The molecule has 0 aromatic carbocycles. The first-order chi connectivity index (χ1) is 11.8. The average molecular weight is 344 g/mol. The smallest absolute Gasteiger partial charge is 0.272 e. The minimum absolute atomic E-state index is 0.132. The molecule has 1 aliphatic rings. The first-order valence-electron chi connectivity index (χ1n) is 8.36. The molecule has 25 heavy (non-hydrogen) atoms. The molecule has 3 rings (SSSR count). The van der Waals surface area contributed by atoms with Crippen LogP contribution in [0.2, 0.25) is 0 Å². The molecule has 1 atom stereocenters. The second kappa shape index (κ2) is 6.93. The van der Waals surface area contributed by atoms with Crippen LogP contribution < -0.4 is 0 Å². The van der Waals surface area contributed by atoms with E-state index in [2.05, 4.69) is 10.1 Å². The Morgan fingerprint density at radius 2 is 2.24 bits per heavy atom. The summed E-state index contributed by atoms with van der Waals surface area (Å²) in [5.74, 6) is -0.749. The van der Waals surface area contributed by atoms with Crippen LogP contribution >= 0.6 is 0 Å². The third-order valence-electron chi connectivity index (χ3n) is 4.11. The number of rotatable bonds is 5. The molecule has 1 amide bonds. The Hall–Kier alpha value is -2.25. The summed E-state index contributed by atoms with van der Waals surface area (Å²) in [5.41, 5.74) is 2.30. The molecule has 2 aromatic heterocycles. The second-order valence-electron chi connectivity index (χ2n) is 6.75. The maximum Gasteiger partial charge on any atom is 0.272 e. The standard InChI is InChI=1S/C18H24N4O3/c1-13-9-14(21(4)20-13)10-22(11-15-12-24-18(2,3)25-15)17(23)16-7-5-6-8-19-16/h5-9,15H,10-12H2,1-4H3/t15-/m0/s1. The molecule has 0 unspecified atom stereocenters. The van der Waals surface area contributed by atoms with Crippen LogP contribution in [-0.2, 0) is 23.1 Å². The second-order valence-corrected chi connectivity index (χ2v) is 6.75. The number of aromatic nitrogens is 3. The van der Waals surface area contributed by atoms with Gasteiger partial charge in [0.1, 0.15) is 11.8 Å². The first kappa shape index (κ1) is 17.6. The van der Waals surface area contributed by atoms with Crippen LogP contribution in [0.3, 0.4) is 0 Å². The molecule has 0 saturated carbocycles. The van der Waals surface area contributed by atoms with E-state index in [1.54, 1.807) is 27.9 Å². The van der Waals surface area contributed by atoms with Gasteiger partial charge in [0.25, 0.3) is 5.91 Å². The fourth-order valence-corrected chi connectivity index (χ4v) is 2.98. The van der Waals surface area contributed by atoms with Gasteiger partial charge in [-0.2, -0.15) is 5.10 Å². The summed E-state index contributed by atoms with van der Waals surface area (Å²) in [6, 6.07) is 7.31. The van der Waals surface area contributed by atoms with E-state index in [0.29, 0.717) is 25.4 Å². The summed E-state index contributed by atoms with van der Waals surface area (Å²) in [7, 11) is 1.88. The Labute approximate surface area is 147 Å². The van der Waals surface area contributed by atoms with Gasteiger partial charge >= 0.3 is 0 Å². The fourth-order valence-electron chi connectivity index (χ4n) is 2.98. The van der Waals surface area contributed by atoms with Crippen LogP contribution in [0.4, 0.5) is 0 Å². The van der Waals surface area contributed by atoms with Crippen LogP contribution in [-0.4, -0.2) is 50.6 Å². The van der Waals surface area contributed by atoms with Gasteiger partial charge in [0.15, 0.2) is 5.79 Å². The highest BCUT2D eigenvalue weighted by atomic mass is 16.7. The largest absolute Gasteiger partial charge is 0.348 e. The summed E-state index contributed by atoms with van der Waals surface area (Å²) >= 11 is 0. The number of aryl methyl sites for hydroxylation is 2. The Bertz CT molecular complexity index is 742. The zero-order valence-corrected chi connectivity index (χ0v) is 15.1. The topological polar surface area (TPSA) is 69.5 Å². The van der Waals surface area contributed by atoms with E-state index in [4.69, 9.17) is 9.47 Å². The molecule has 3 heterocycles. The quantitative estimate of drug-likeness (QED) is 0.829. The molecule has 7 nitrogen and oxygen atoms in total. The number of nitrogens with zero attached hydrogens (tertiary/aromatic N) is 4. The molecule has 1 aliphatic heterocycles. The minimum Gasteiger partial charge on any atom is -0.348 e. The van der Waals surface area contributed by atoms with Gasteiger partial charge in [0, 0.05) is 13.2 Å². The molecular weight excluding hydrogens is 320 g/mol. The lowest BCUT2D eigenvalue weighted by Crippen LogP contribution is -2.39. The molecule has 134 valence electrons. The van der Waals surface area contributed by atoms with Crippen LogP contribution in [0.15, 0.2) is 30.5 Å². The molecular formula is C18H24N4O3. The molecule has 0 N–H and O–H groups in total. The van der Waals surface area contributed by atoms with E-state index in [0.717, 1.165) is 11.4 Å². The number of amides is 1. The fraction of sp³-hybridized carbons (Fsp3) is 0.500. The Balaban J connectivity index is 1.80. The molecule has 7 heteroatoms. The van der Waals surface area contributed by atoms with Crippen molar-refractivity contribution in [1.29, 1.82) is 0 Å². The zero-order valence-electron chi connectivity index (χ0n) is 15.1. The predicted molar refractivity (Wildman–Crippen MR) is 91.8 cm³/mol. The van der Waals surface area contributed by atoms with Crippen molar-refractivity contribution in [3.05, 3.63) is 47.5 Å². The normalized spacial score (nSPS) is 19.1. The summed E-state index contributed by atoms with van der Waals surface area (Å²) in [6.07, 6.45) is 1.45. The summed E-state index contributed by atoms with van der Waals surface area (Å²) in [6.45, 7) is 7.02. The van der Waals surface area contributed by atoms with E-state index in [-0.39, 0.29) is 12.0 Å². The van der Waals surface area contributed by atoms with Gasteiger partial charge in [-0.05, 0) is 39.0 Å². The van der Waals surface area contributed by atoms with Gasteiger partial charge in [-0.3, -0.25) is 14.5 Å². The van der Waals surface area contributed by atoms with Crippen LogP contribution in [0.25, 0.3) is 0 Å². The Morgan fingerprint density at radius 1 is 1.44 bits per heavy atom. The summed E-state index contributed by atoms with van der Waals surface area (Å²) in [4.78, 5) is 18.9. The SMILES string of the molecule is Cc1cc(CN(C[C@H]2COC(C)(C)O2)C(=O)c2ccccn2)n(C)n1. The number of hydrogen-bond donors (Lipinski definition) is 0. The lowest BCUT2D eigenvalue weighted by molar-refractivity contribution is -0.139. The highest BCUT2D eigenvalue weighted by molar-refractivity contribution is 5.92. The first-order valence-corrected chi connectivity index (χ1v) is 8.36. The molecule has 1 saturated heterocycles. The number of ether oxygens (including phenoxy) is 2. The number of pyridine rings is 1. The third-order valence-corrected chi connectivity index (χ3v) is 4.11. The van der Waals surface area contributed by atoms with Crippen LogP contribution in [0, 0.1) is 6.92 Å². The van der Waals surface area contributed by atoms with Crippen molar-refractivity contribution in [2.45, 2.75) is 39.2 Å². The van der Waals surface area contributed by atoms with E-state index in [1.165, 1.54) is 0 Å². The Kier molecular flexibility index (Phi) is 4.87. The van der Waals surface area contributed by atoms with Crippen LogP contribution in [0.1, 0.15) is 35.7 Å². The van der Waals surface area contributed by atoms with Crippen molar-refractivity contribution in [1.82, 2.24) is 19.7 Å². The number of hydrogen-bond acceptors (Lipinski definition) is 5. The third kappa shape index (κ3) is 4.24. The van der Waals surface area contributed by atoms with Gasteiger partial charge < -0.3 is 14.4 Å². The maximum atomic E-state index is 13.0. The predicted octanol–water partition coefficient (Wildman–Crippen LogP) is 1.92. The lowest BCUT2D eigenvalue weighted by atomic mass is 10.2. The van der Waals surface area contributed by atoms with Gasteiger partial charge in [-0.25, -0.2) is 0 Å². The highest BCUT2D eigenvalue weighted by Crippen LogP contribution is 2.23. The highest BCUT2D eigenvalue weighted by Gasteiger charge is 2.35. The van der Waals surface area contributed by atoms with Crippen molar-refractivity contribution in [2.75, 3.05) is 13.2 Å². The molecule has 2 aromatic rings. The van der Waals surface area contributed by atoms with E-state index >= 15 is 0 Å². The van der Waals surface area contributed by atoms with E-state index in [9.17, 15) is 4.79 Å². The number of carbonyl (C=O) groups is 1. The maximum absolute atomic E-state index is 13.0. The molecule has 0 spiro atoms. The van der Waals surface area contributed by atoms with Gasteiger partial charge in [-0.15, -0.1) is 0 Å². The van der Waals surface area contributed by atoms with E-state index < -0.39 is 5.79 Å². The van der Waals surface area contributed by atoms with Crippen molar-refractivity contribution >= 4 is 5.91 Å². The van der Waals surface area contributed by atoms with Crippen molar-refractivity contribution in [2.24, 2.45) is 7.05 Å². The van der Waals surface area contributed by atoms with Crippen molar-refractivity contribution in [3.63, 3.8) is 0 Å². The summed E-state index contributed by atoms with van der Waals surface area (Å²) < 4.78 is 13.3. The molecule has 0 radical (unpaired) electrons. The van der Waals surface area contributed by atoms with Gasteiger partial charge in [-0.1, -0.05) is 6.07 Å². The number of carbonyl (C=O) groups excluding carboxylic acids is 1. The van der Waals surface area contributed by atoms with E-state index in [1.807, 2.05) is 40.0 Å². The van der Waals surface area contributed by atoms with Gasteiger partial charge in [0.2, 0.25) is 0 Å². The van der Waals surface area contributed by atoms with Crippen molar-refractivity contribution < 1.29 is 14.3 Å². The van der Waals surface area contributed by atoms with Crippen LogP contribution in [0.5, 0.6) is 0 Å². The van der Waals surface area contributed by atoms with Crippen molar-refractivity contribution in [3.8, 4) is 0 Å². The van der Waals surface area contributed by atoms with Gasteiger partial charge in [0.05, 0.1) is 31.1 Å². The molecule has 0 aliphatic carbocycles. The average Bonchev–Trinajstić information content (AvgIpc) is 3.07.